The van der Waals surface area contributed by atoms with Gasteiger partial charge in [0.05, 0.1) is 0 Å². The third-order valence-electron chi connectivity index (χ3n) is 3.96. The Morgan fingerprint density at radius 1 is 0.818 bits per heavy atom. The summed E-state index contributed by atoms with van der Waals surface area (Å²) in [6, 6.07) is 0. The summed E-state index contributed by atoms with van der Waals surface area (Å²) in [5, 5.41) is 20.6. The lowest BCUT2D eigenvalue weighted by Crippen LogP contribution is -2.26. The first-order chi connectivity index (χ1) is 10.1. The molecule has 0 aliphatic rings. The van der Waals surface area contributed by atoms with Crippen molar-refractivity contribution < 1.29 is 10.2 Å². The zero-order chi connectivity index (χ0) is 17.2. The SMILES string of the molecule is CC/C(C)=C/CCC(C)(O)C#CC(C)(O)CC/C=C(\C)CC. The van der Waals surface area contributed by atoms with Crippen molar-refractivity contribution in [3.63, 3.8) is 0 Å². The topological polar surface area (TPSA) is 40.5 Å². The Morgan fingerprint density at radius 2 is 1.14 bits per heavy atom. The number of hydrogen-bond acceptors (Lipinski definition) is 2. The summed E-state index contributed by atoms with van der Waals surface area (Å²) in [5.74, 6) is 5.70. The van der Waals surface area contributed by atoms with E-state index in [0.717, 1.165) is 25.7 Å². The highest BCUT2D eigenvalue weighted by Gasteiger charge is 2.20. The first-order valence-corrected chi connectivity index (χ1v) is 8.42. The summed E-state index contributed by atoms with van der Waals surface area (Å²) in [6.45, 7) is 11.9. The lowest BCUT2D eigenvalue weighted by atomic mass is 9.95. The molecule has 2 atom stereocenters. The first kappa shape index (κ1) is 21.0. The van der Waals surface area contributed by atoms with E-state index < -0.39 is 11.2 Å². The number of allylic oxidation sites excluding steroid dienone is 4. The second kappa shape index (κ2) is 9.87. The van der Waals surface area contributed by atoms with Crippen molar-refractivity contribution in [1.29, 1.82) is 0 Å². The van der Waals surface area contributed by atoms with Crippen LogP contribution in [0.4, 0.5) is 0 Å². The van der Waals surface area contributed by atoms with E-state index in [-0.39, 0.29) is 0 Å². The van der Waals surface area contributed by atoms with Crippen LogP contribution < -0.4 is 0 Å². The van der Waals surface area contributed by atoms with E-state index >= 15 is 0 Å². The predicted molar refractivity (Wildman–Crippen MR) is 95.6 cm³/mol. The van der Waals surface area contributed by atoms with Crippen LogP contribution in [0.15, 0.2) is 23.3 Å². The van der Waals surface area contributed by atoms with E-state index in [1.54, 1.807) is 13.8 Å². The summed E-state index contributed by atoms with van der Waals surface area (Å²) >= 11 is 0. The van der Waals surface area contributed by atoms with Crippen LogP contribution in [0.25, 0.3) is 0 Å². The molecule has 2 nitrogen and oxygen atoms in total. The minimum absolute atomic E-state index is 0.586. The molecule has 0 aromatic carbocycles. The zero-order valence-corrected chi connectivity index (χ0v) is 15.3. The van der Waals surface area contributed by atoms with Gasteiger partial charge in [0.15, 0.2) is 0 Å². The molecule has 0 aliphatic heterocycles. The first-order valence-electron chi connectivity index (χ1n) is 8.42. The van der Waals surface area contributed by atoms with E-state index in [0.29, 0.717) is 12.8 Å². The minimum Gasteiger partial charge on any atom is -0.378 e. The van der Waals surface area contributed by atoms with Gasteiger partial charge in [-0.15, -0.1) is 0 Å². The van der Waals surface area contributed by atoms with Crippen molar-refractivity contribution in [2.45, 2.75) is 91.3 Å². The van der Waals surface area contributed by atoms with Crippen molar-refractivity contribution in [3.05, 3.63) is 23.3 Å². The summed E-state index contributed by atoms with van der Waals surface area (Å²) in [5.41, 5.74) is 0.551. The van der Waals surface area contributed by atoms with Gasteiger partial charge in [0.1, 0.15) is 11.2 Å². The van der Waals surface area contributed by atoms with Crippen LogP contribution in [0.5, 0.6) is 0 Å². The van der Waals surface area contributed by atoms with Crippen molar-refractivity contribution in [3.8, 4) is 11.8 Å². The Balaban J connectivity index is 4.53. The second-order valence-electron chi connectivity index (χ2n) is 6.68. The van der Waals surface area contributed by atoms with Crippen molar-refractivity contribution in [2.24, 2.45) is 0 Å². The van der Waals surface area contributed by atoms with E-state index in [4.69, 9.17) is 0 Å². The third kappa shape index (κ3) is 10.7. The quantitative estimate of drug-likeness (QED) is 0.501. The Hall–Kier alpha value is -1.04. The van der Waals surface area contributed by atoms with Gasteiger partial charge in [0.25, 0.3) is 0 Å². The monoisotopic (exact) mass is 306 g/mol. The van der Waals surface area contributed by atoms with Crippen LogP contribution in [0, 0.1) is 11.8 Å². The highest BCUT2D eigenvalue weighted by molar-refractivity contribution is 5.20. The van der Waals surface area contributed by atoms with Gasteiger partial charge in [-0.05, 0) is 66.2 Å². The maximum atomic E-state index is 10.3. The molecule has 0 bridgehead atoms. The average Bonchev–Trinajstić information content (AvgIpc) is 2.44. The molecule has 2 heteroatoms. The summed E-state index contributed by atoms with van der Waals surface area (Å²) in [4.78, 5) is 0. The molecule has 0 amide bonds. The van der Waals surface area contributed by atoms with Crippen molar-refractivity contribution in [1.82, 2.24) is 0 Å². The van der Waals surface area contributed by atoms with Gasteiger partial charge in [0.2, 0.25) is 0 Å². The fourth-order valence-corrected chi connectivity index (χ4v) is 1.88. The molecule has 0 spiro atoms. The molecule has 0 heterocycles. The molecule has 0 aromatic rings. The van der Waals surface area contributed by atoms with E-state index in [9.17, 15) is 10.2 Å². The number of hydrogen-bond donors (Lipinski definition) is 2. The summed E-state index contributed by atoms with van der Waals surface area (Å²) in [7, 11) is 0. The van der Waals surface area contributed by atoms with Crippen molar-refractivity contribution >= 4 is 0 Å². The van der Waals surface area contributed by atoms with Gasteiger partial charge in [-0.2, -0.15) is 0 Å². The second-order valence-corrected chi connectivity index (χ2v) is 6.68. The standard InChI is InChI=1S/C20H34O2/c1-7-17(3)11-9-13-19(5,21)15-16-20(6,22)14-10-12-18(4)8-2/h11-12,21-22H,7-10,13-14H2,1-6H3/b17-11+,18-12+. The molecule has 0 radical (unpaired) electrons. The summed E-state index contributed by atoms with van der Waals surface area (Å²) in [6.07, 6.45) is 9.15. The normalized spacial score (nSPS) is 18.2. The largest absolute Gasteiger partial charge is 0.378 e. The van der Waals surface area contributed by atoms with Crippen LogP contribution in [0.3, 0.4) is 0 Å². The van der Waals surface area contributed by atoms with Gasteiger partial charge < -0.3 is 10.2 Å². The number of aliphatic hydroxyl groups is 2. The van der Waals surface area contributed by atoms with E-state index in [1.807, 2.05) is 0 Å². The molecule has 2 N–H and O–H groups in total. The van der Waals surface area contributed by atoms with E-state index in [1.165, 1.54) is 11.1 Å². The third-order valence-corrected chi connectivity index (χ3v) is 3.96. The molecule has 0 aliphatic carbocycles. The Labute approximate surface area is 137 Å². The van der Waals surface area contributed by atoms with Gasteiger partial charge in [-0.1, -0.05) is 49.0 Å². The molecule has 2 unspecified atom stereocenters. The van der Waals surface area contributed by atoms with Gasteiger partial charge in [-0.25, -0.2) is 0 Å². The number of rotatable bonds is 8. The molecule has 0 saturated heterocycles. The minimum atomic E-state index is -1.05. The molecule has 0 rings (SSSR count). The van der Waals surface area contributed by atoms with E-state index in [2.05, 4.69) is 51.7 Å². The fourth-order valence-electron chi connectivity index (χ4n) is 1.88. The molecule has 126 valence electrons. The van der Waals surface area contributed by atoms with Crippen LogP contribution in [-0.4, -0.2) is 21.4 Å². The summed E-state index contributed by atoms with van der Waals surface area (Å²) < 4.78 is 0. The van der Waals surface area contributed by atoms with Gasteiger partial charge in [-0.3, -0.25) is 0 Å². The van der Waals surface area contributed by atoms with Gasteiger partial charge in [0, 0.05) is 0 Å². The lowest BCUT2D eigenvalue weighted by Gasteiger charge is -2.19. The molecular weight excluding hydrogens is 272 g/mol. The van der Waals surface area contributed by atoms with Crippen LogP contribution in [0.1, 0.15) is 80.1 Å². The molecule has 0 saturated carbocycles. The van der Waals surface area contributed by atoms with Crippen LogP contribution in [0.2, 0.25) is 0 Å². The van der Waals surface area contributed by atoms with Crippen LogP contribution >= 0.6 is 0 Å². The molecular formula is C20H34O2. The average molecular weight is 306 g/mol. The predicted octanol–water partition coefficient (Wildman–Crippen LogP) is 4.76. The Bertz CT molecular complexity index is 402. The maximum absolute atomic E-state index is 10.3. The fraction of sp³-hybridized carbons (Fsp3) is 0.700. The zero-order valence-electron chi connectivity index (χ0n) is 15.3. The van der Waals surface area contributed by atoms with Crippen LogP contribution in [-0.2, 0) is 0 Å². The highest BCUT2D eigenvalue weighted by atomic mass is 16.3. The molecule has 0 fully saturated rings. The Kier molecular flexibility index (Phi) is 9.41. The highest BCUT2D eigenvalue weighted by Crippen LogP contribution is 2.17. The maximum Gasteiger partial charge on any atom is 0.123 e. The molecule has 22 heavy (non-hydrogen) atoms. The molecule has 0 aromatic heterocycles. The Morgan fingerprint density at radius 3 is 1.41 bits per heavy atom. The lowest BCUT2D eigenvalue weighted by molar-refractivity contribution is 0.101. The smallest absolute Gasteiger partial charge is 0.123 e. The van der Waals surface area contributed by atoms with Gasteiger partial charge >= 0.3 is 0 Å². The van der Waals surface area contributed by atoms with Crippen molar-refractivity contribution in [2.75, 3.05) is 0 Å².